The van der Waals surface area contributed by atoms with Crippen LogP contribution in [-0.2, 0) is 4.79 Å². The van der Waals surface area contributed by atoms with Gasteiger partial charge in [-0.3, -0.25) is 14.6 Å². The molecule has 2 fully saturated rings. The van der Waals surface area contributed by atoms with E-state index in [1.165, 1.54) is 6.20 Å². The molecule has 0 unspecified atom stereocenters. The molecule has 6 nitrogen and oxygen atoms in total. The zero-order chi connectivity index (χ0) is 19.3. The maximum atomic E-state index is 13.2. The van der Waals surface area contributed by atoms with E-state index in [2.05, 4.69) is 10.3 Å². The van der Waals surface area contributed by atoms with Gasteiger partial charge in [0.1, 0.15) is 5.75 Å². The van der Waals surface area contributed by atoms with Crippen LogP contribution in [0.25, 0.3) is 21.9 Å². The molecule has 5 rings (SSSR count). The number of fused-ring (bicyclic) bond motifs is 2. The van der Waals surface area contributed by atoms with Crippen LogP contribution < -0.4 is 5.32 Å². The molecule has 0 spiro atoms. The summed E-state index contributed by atoms with van der Waals surface area (Å²) >= 11 is 0. The van der Waals surface area contributed by atoms with Gasteiger partial charge in [-0.1, -0.05) is 30.3 Å². The van der Waals surface area contributed by atoms with E-state index in [1.807, 2.05) is 36.4 Å². The number of rotatable bonds is 2. The third-order valence-corrected chi connectivity index (χ3v) is 5.79. The number of hydrogen-bond acceptors (Lipinski definition) is 4. The van der Waals surface area contributed by atoms with Crippen molar-refractivity contribution in [1.29, 1.82) is 0 Å². The van der Waals surface area contributed by atoms with Crippen LogP contribution in [0.5, 0.6) is 5.75 Å². The van der Waals surface area contributed by atoms with Gasteiger partial charge in [0, 0.05) is 42.9 Å². The van der Waals surface area contributed by atoms with E-state index in [1.54, 1.807) is 17.2 Å². The number of nitrogens with zero attached hydrogens (tertiary/aromatic N) is 2. The van der Waals surface area contributed by atoms with Gasteiger partial charge in [0.2, 0.25) is 5.91 Å². The van der Waals surface area contributed by atoms with Crippen molar-refractivity contribution in [2.75, 3.05) is 19.6 Å². The van der Waals surface area contributed by atoms with Gasteiger partial charge < -0.3 is 15.3 Å². The summed E-state index contributed by atoms with van der Waals surface area (Å²) in [6, 6.07) is 13.1. The molecule has 3 heterocycles. The SMILES string of the molecule is O=C1NC[C@H]2CN(C(=O)c3cccc4c(-c5cncc(O)c5)cccc34)C[C@@H]12. The Labute approximate surface area is 161 Å². The minimum Gasteiger partial charge on any atom is -0.506 e. The molecular formula is C22H19N3O3. The zero-order valence-corrected chi connectivity index (χ0v) is 15.1. The summed E-state index contributed by atoms with van der Waals surface area (Å²) < 4.78 is 0. The Morgan fingerprint density at radius 1 is 1.11 bits per heavy atom. The molecule has 0 bridgehead atoms. The number of carbonyl (C=O) groups excluding carboxylic acids is 2. The quantitative estimate of drug-likeness (QED) is 0.723. The number of carbonyl (C=O) groups is 2. The minimum absolute atomic E-state index is 0.0426. The summed E-state index contributed by atoms with van der Waals surface area (Å²) in [7, 11) is 0. The Morgan fingerprint density at radius 3 is 2.75 bits per heavy atom. The second-order valence-corrected chi connectivity index (χ2v) is 7.46. The van der Waals surface area contributed by atoms with Crippen molar-refractivity contribution in [3.8, 4) is 16.9 Å². The third kappa shape index (κ3) is 2.60. The second kappa shape index (κ2) is 6.34. The molecular weight excluding hydrogens is 354 g/mol. The summed E-state index contributed by atoms with van der Waals surface area (Å²) in [6.07, 6.45) is 3.09. The topological polar surface area (TPSA) is 82.5 Å². The molecule has 140 valence electrons. The second-order valence-electron chi connectivity index (χ2n) is 7.46. The van der Waals surface area contributed by atoms with Crippen LogP contribution in [0.4, 0.5) is 0 Å². The maximum absolute atomic E-state index is 13.2. The highest BCUT2D eigenvalue weighted by molar-refractivity contribution is 6.10. The lowest BCUT2D eigenvalue weighted by molar-refractivity contribution is -0.122. The molecule has 6 heteroatoms. The first-order valence-electron chi connectivity index (χ1n) is 9.35. The number of benzene rings is 2. The highest BCUT2D eigenvalue weighted by Gasteiger charge is 2.43. The van der Waals surface area contributed by atoms with E-state index in [-0.39, 0.29) is 29.4 Å². The minimum atomic E-state index is -0.0899. The number of likely N-dealkylation sites (tertiary alicyclic amines) is 1. The molecule has 2 saturated heterocycles. The van der Waals surface area contributed by atoms with Gasteiger partial charge in [0.05, 0.1) is 12.1 Å². The first-order valence-corrected chi connectivity index (χ1v) is 9.35. The molecule has 2 aliphatic heterocycles. The summed E-state index contributed by atoms with van der Waals surface area (Å²) in [5.74, 6) is 0.229. The van der Waals surface area contributed by atoms with E-state index in [0.29, 0.717) is 25.2 Å². The lowest BCUT2D eigenvalue weighted by Gasteiger charge is -2.19. The highest BCUT2D eigenvalue weighted by Crippen LogP contribution is 2.33. The number of aromatic nitrogens is 1. The average molecular weight is 373 g/mol. The molecule has 1 aromatic heterocycles. The van der Waals surface area contributed by atoms with Crippen molar-refractivity contribution < 1.29 is 14.7 Å². The molecule has 0 radical (unpaired) electrons. The Kier molecular flexibility index (Phi) is 3.79. The average Bonchev–Trinajstić information content (AvgIpc) is 3.29. The fourth-order valence-electron chi connectivity index (χ4n) is 4.40. The van der Waals surface area contributed by atoms with E-state index < -0.39 is 0 Å². The molecule has 0 saturated carbocycles. The van der Waals surface area contributed by atoms with E-state index in [0.717, 1.165) is 21.9 Å². The van der Waals surface area contributed by atoms with Gasteiger partial charge >= 0.3 is 0 Å². The largest absolute Gasteiger partial charge is 0.506 e. The van der Waals surface area contributed by atoms with Crippen molar-refractivity contribution in [2.45, 2.75) is 0 Å². The molecule has 2 N–H and O–H groups in total. The Morgan fingerprint density at radius 2 is 1.93 bits per heavy atom. The summed E-state index contributed by atoms with van der Waals surface area (Å²) in [4.78, 5) is 31.0. The molecule has 2 amide bonds. The smallest absolute Gasteiger partial charge is 0.254 e. The van der Waals surface area contributed by atoms with Gasteiger partial charge in [0.15, 0.2) is 0 Å². The van der Waals surface area contributed by atoms with Gasteiger partial charge in [-0.15, -0.1) is 0 Å². The number of pyridine rings is 1. The third-order valence-electron chi connectivity index (χ3n) is 5.79. The van der Waals surface area contributed by atoms with Crippen LogP contribution in [0.1, 0.15) is 10.4 Å². The first-order chi connectivity index (χ1) is 13.6. The van der Waals surface area contributed by atoms with Crippen LogP contribution in [0.2, 0.25) is 0 Å². The highest BCUT2D eigenvalue weighted by atomic mass is 16.3. The Balaban J connectivity index is 1.55. The molecule has 0 aliphatic carbocycles. The molecule has 2 aromatic carbocycles. The van der Waals surface area contributed by atoms with E-state index in [4.69, 9.17) is 0 Å². The van der Waals surface area contributed by atoms with Crippen molar-refractivity contribution >= 4 is 22.6 Å². The number of nitrogens with one attached hydrogen (secondary N) is 1. The van der Waals surface area contributed by atoms with Crippen molar-refractivity contribution in [2.24, 2.45) is 11.8 Å². The number of hydrogen-bond donors (Lipinski definition) is 2. The molecule has 28 heavy (non-hydrogen) atoms. The summed E-state index contributed by atoms with van der Waals surface area (Å²) in [5, 5.41) is 14.4. The van der Waals surface area contributed by atoms with Crippen LogP contribution in [0, 0.1) is 11.8 Å². The zero-order valence-electron chi connectivity index (χ0n) is 15.1. The van der Waals surface area contributed by atoms with Crippen LogP contribution in [0.15, 0.2) is 54.9 Å². The predicted octanol–water partition coefficient (Wildman–Crippen LogP) is 2.43. The fourth-order valence-corrected chi connectivity index (χ4v) is 4.40. The van der Waals surface area contributed by atoms with E-state index in [9.17, 15) is 14.7 Å². The summed E-state index contributed by atoms with van der Waals surface area (Å²) in [5.41, 5.74) is 2.34. The first kappa shape index (κ1) is 16.7. The van der Waals surface area contributed by atoms with Crippen LogP contribution in [-0.4, -0.2) is 46.4 Å². The van der Waals surface area contributed by atoms with Crippen LogP contribution in [0.3, 0.4) is 0 Å². The number of aromatic hydroxyl groups is 1. The standard InChI is InChI=1S/C22H19N3O3/c26-15-7-13(8-23-10-15)16-3-1-5-18-17(16)4-2-6-19(18)22(28)25-11-14-9-24-21(27)20(14)12-25/h1-8,10,14,20,26H,9,11-12H2,(H,24,27)/t14-,20+/m0/s1. The molecule has 2 aliphatic rings. The fraction of sp³-hybridized carbons (Fsp3) is 0.227. The Hall–Kier alpha value is -3.41. The van der Waals surface area contributed by atoms with Crippen LogP contribution >= 0.6 is 0 Å². The maximum Gasteiger partial charge on any atom is 0.254 e. The van der Waals surface area contributed by atoms with Crippen molar-refractivity contribution in [3.63, 3.8) is 0 Å². The predicted molar refractivity (Wildman–Crippen MR) is 105 cm³/mol. The van der Waals surface area contributed by atoms with E-state index >= 15 is 0 Å². The molecule has 3 aromatic rings. The summed E-state index contributed by atoms with van der Waals surface area (Å²) in [6.45, 7) is 1.73. The van der Waals surface area contributed by atoms with Gasteiger partial charge in [-0.2, -0.15) is 0 Å². The molecule has 2 atom stereocenters. The Bertz CT molecular complexity index is 1110. The van der Waals surface area contributed by atoms with Crippen molar-refractivity contribution in [1.82, 2.24) is 15.2 Å². The lowest BCUT2D eigenvalue weighted by Crippen LogP contribution is -2.33. The van der Waals surface area contributed by atoms with Crippen molar-refractivity contribution in [3.05, 3.63) is 60.4 Å². The van der Waals surface area contributed by atoms with Gasteiger partial charge in [0.25, 0.3) is 5.91 Å². The van der Waals surface area contributed by atoms with Gasteiger partial charge in [-0.05, 0) is 28.5 Å². The van der Waals surface area contributed by atoms with Gasteiger partial charge in [-0.25, -0.2) is 0 Å². The lowest BCUT2D eigenvalue weighted by atomic mass is 9.96. The number of amides is 2. The monoisotopic (exact) mass is 373 g/mol. The normalized spacial score (nSPS) is 21.0.